The highest BCUT2D eigenvalue weighted by Crippen LogP contribution is 2.36. The van der Waals surface area contributed by atoms with Crippen molar-refractivity contribution in [3.05, 3.63) is 63.6 Å². The Hall–Kier alpha value is -3.06. The molecule has 168 valence electrons. The number of ether oxygens (including phenoxy) is 1. The normalized spacial score (nSPS) is 16.4. The Labute approximate surface area is 193 Å². The first-order valence-corrected chi connectivity index (χ1v) is 11.5. The lowest BCUT2D eigenvalue weighted by Gasteiger charge is -2.16. The van der Waals surface area contributed by atoms with E-state index >= 15 is 0 Å². The molecule has 1 saturated heterocycles. The first-order chi connectivity index (χ1) is 15.2. The summed E-state index contributed by atoms with van der Waals surface area (Å²) in [7, 11) is 0. The number of aromatic carboxylic acids is 1. The van der Waals surface area contributed by atoms with Gasteiger partial charge in [-0.05, 0) is 91.5 Å². The monoisotopic (exact) mass is 452 g/mol. The molecule has 1 N–H and O–H groups in total. The molecular formula is C25H28N2O4S. The summed E-state index contributed by atoms with van der Waals surface area (Å²) in [6.07, 6.45) is 1.91. The molecule has 0 unspecified atom stereocenters. The summed E-state index contributed by atoms with van der Waals surface area (Å²) in [5, 5.41) is 9.76. The summed E-state index contributed by atoms with van der Waals surface area (Å²) < 4.78 is 5.81. The van der Waals surface area contributed by atoms with E-state index in [1.54, 1.807) is 17.0 Å². The molecule has 7 heteroatoms. The number of aryl methyl sites for hydroxylation is 1. The summed E-state index contributed by atoms with van der Waals surface area (Å²) in [4.78, 5) is 31.1. The van der Waals surface area contributed by atoms with Gasteiger partial charge in [-0.15, -0.1) is 0 Å². The van der Waals surface area contributed by atoms with Gasteiger partial charge in [-0.1, -0.05) is 19.9 Å². The van der Waals surface area contributed by atoms with E-state index < -0.39 is 5.97 Å². The number of amides is 1. The van der Waals surface area contributed by atoms with E-state index in [-0.39, 0.29) is 17.4 Å². The molecule has 1 fully saturated rings. The zero-order valence-corrected chi connectivity index (χ0v) is 19.8. The number of carbonyl (C=O) groups is 2. The molecule has 0 bridgehead atoms. The highest BCUT2D eigenvalue weighted by atomic mass is 32.2. The van der Waals surface area contributed by atoms with Crippen LogP contribution >= 0.6 is 11.8 Å². The molecule has 1 aliphatic heterocycles. The number of nitrogens with zero attached hydrogens (tertiary/aromatic N) is 2. The molecule has 1 aliphatic rings. The molecule has 0 atom stereocenters. The van der Waals surface area contributed by atoms with Crippen LogP contribution in [0.2, 0.25) is 0 Å². The van der Waals surface area contributed by atoms with Crippen molar-refractivity contribution in [1.29, 1.82) is 0 Å². The van der Waals surface area contributed by atoms with Crippen LogP contribution in [0.25, 0.3) is 6.08 Å². The maximum Gasteiger partial charge on any atom is 0.335 e. The topological polar surface area (TPSA) is 79.2 Å². The number of carboxylic acid groups (broad SMARTS) is 1. The van der Waals surface area contributed by atoms with Crippen LogP contribution < -0.4 is 4.74 Å². The van der Waals surface area contributed by atoms with E-state index in [1.807, 2.05) is 32.9 Å². The summed E-state index contributed by atoms with van der Waals surface area (Å²) in [6, 6.07) is 10.5. The number of amidine groups is 1. The standard InChI is InChI=1S/C25H28N2O4S/c1-6-27-23(28)22(32-25(27)26-19-10-8-9-17(12-19)24(29)30)14-18-13-20(15(3)4)21(31-7-2)11-16(18)5/h8-15H,6-7H2,1-5H3,(H,29,30). The van der Waals surface area contributed by atoms with Gasteiger partial charge < -0.3 is 9.84 Å². The molecule has 6 nitrogen and oxygen atoms in total. The van der Waals surface area contributed by atoms with E-state index in [4.69, 9.17) is 4.74 Å². The van der Waals surface area contributed by atoms with Crippen molar-refractivity contribution in [2.24, 2.45) is 4.99 Å². The summed E-state index contributed by atoms with van der Waals surface area (Å²) in [6.45, 7) is 11.2. The molecule has 2 aromatic rings. The Morgan fingerprint density at radius 1 is 1.25 bits per heavy atom. The third-order valence-electron chi connectivity index (χ3n) is 5.13. The molecular weight excluding hydrogens is 424 g/mol. The van der Waals surface area contributed by atoms with Gasteiger partial charge in [0.2, 0.25) is 0 Å². The van der Waals surface area contributed by atoms with Crippen LogP contribution in [0, 0.1) is 6.92 Å². The van der Waals surface area contributed by atoms with Gasteiger partial charge in [-0.3, -0.25) is 9.69 Å². The number of hydrogen-bond donors (Lipinski definition) is 1. The Morgan fingerprint density at radius 3 is 2.62 bits per heavy atom. The van der Waals surface area contributed by atoms with Crippen molar-refractivity contribution >= 4 is 40.6 Å². The summed E-state index contributed by atoms with van der Waals surface area (Å²) in [5.41, 5.74) is 3.76. The average molecular weight is 453 g/mol. The zero-order chi connectivity index (χ0) is 23.4. The highest BCUT2D eigenvalue weighted by molar-refractivity contribution is 8.18. The van der Waals surface area contributed by atoms with Crippen molar-refractivity contribution < 1.29 is 19.4 Å². The van der Waals surface area contributed by atoms with Crippen molar-refractivity contribution in [3.8, 4) is 5.75 Å². The predicted molar refractivity (Wildman–Crippen MR) is 130 cm³/mol. The number of carboxylic acids is 1. The van der Waals surface area contributed by atoms with Crippen LogP contribution in [0.5, 0.6) is 5.75 Å². The maximum atomic E-state index is 13.1. The van der Waals surface area contributed by atoms with E-state index in [0.717, 1.165) is 22.4 Å². The van der Waals surface area contributed by atoms with Crippen molar-refractivity contribution in [2.45, 2.75) is 40.5 Å². The second kappa shape index (κ2) is 10.0. The number of likely N-dealkylation sites (N-methyl/N-ethyl adjacent to an activating group) is 1. The fourth-order valence-electron chi connectivity index (χ4n) is 3.43. The Morgan fingerprint density at radius 2 is 2.00 bits per heavy atom. The fraction of sp³-hybridized carbons (Fsp3) is 0.320. The molecule has 0 spiro atoms. The van der Waals surface area contributed by atoms with Gasteiger partial charge in [-0.2, -0.15) is 0 Å². The summed E-state index contributed by atoms with van der Waals surface area (Å²) >= 11 is 1.30. The SMILES string of the molecule is CCOc1cc(C)c(C=C2SC(=Nc3cccc(C(=O)O)c3)N(CC)C2=O)cc1C(C)C. The van der Waals surface area contributed by atoms with Gasteiger partial charge in [-0.25, -0.2) is 9.79 Å². The smallest absolute Gasteiger partial charge is 0.335 e. The molecule has 32 heavy (non-hydrogen) atoms. The van der Waals surface area contributed by atoms with Gasteiger partial charge in [0, 0.05) is 6.54 Å². The Balaban J connectivity index is 1.99. The van der Waals surface area contributed by atoms with Crippen LogP contribution in [0.3, 0.4) is 0 Å². The lowest BCUT2D eigenvalue weighted by atomic mass is 9.96. The first kappa shape index (κ1) is 23.6. The molecule has 0 saturated carbocycles. The average Bonchev–Trinajstić information content (AvgIpc) is 3.03. The number of thioether (sulfide) groups is 1. The second-order valence-electron chi connectivity index (χ2n) is 7.74. The zero-order valence-electron chi connectivity index (χ0n) is 19.0. The minimum absolute atomic E-state index is 0.106. The van der Waals surface area contributed by atoms with E-state index in [9.17, 15) is 14.7 Å². The quantitative estimate of drug-likeness (QED) is 0.534. The van der Waals surface area contributed by atoms with Gasteiger partial charge in [0.25, 0.3) is 5.91 Å². The van der Waals surface area contributed by atoms with Gasteiger partial charge in [0.05, 0.1) is 22.8 Å². The predicted octanol–water partition coefficient (Wildman–Crippen LogP) is 5.84. The van der Waals surface area contributed by atoms with E-state index in [0.29, 0.717) is 28.9 Å². The van der Waals surface area contributed by atoms with Crippen LogP contribution in [-0.2, 0) is 4.79 Å². The lowest BCUT2D eigenvalue weighted by molar-refractivity contribution is -0.122. The van der Waals surface area contributed by atoms with Crippen LogP contribution in [0.15, 0.2) is 46.3 Å². The fourth-order valence-corrected chi connectivity index (χ4v) is 4.49. The van der Waals surface area contributed by atoms with Crippen molar-refractivity contribution in [2.75, 3.05) is 13.2 Å². The minimum Gasteiger partial charge on any atom is -0.494 e. The van der Waals surface area contributed by atoms with Crippen molar-refractivity contribution in [1.82, 2.24) is 4.90 Å². The van der Waals surface area contributed by atoms with Crippen LogP contribution in [0.1, 0.15) is 60.7 Å². The molecule has 1 amide bonds. The third kappa shape index (κ3) is 5.05. The number of aliphatic imine (C=N–C) groups is 1. The minimum atomic E-state index is -1.01. The number of hydrogen-bond acceptors (Lipinski definition) is 5. The molecule has 0 aliphatic carbocycles. The molecule has 0 aromatic heterocycles. The molecule has 0 radical (unpaired) electrons. The number of rotatable bonds is 7. The highest BCUT2D eigenvalue weighted by Gasteiger charge is 2.32. The second-order valence-corrected chi connectivity index (χ2v) is 8.75. The lowest BCUT2D eigenvalue weighted by Crippen LogP contribution is -2.28. The van der Waals surface area contributed by atoms with Gasteiger partial charge in [0.1, 0.15) is 5.75 Å². The van der Waals surface area contributed by atoms with E-state index in [1.165, 1.54) is 23.9 Å². The Kier molecular flexibility index (Phi) is 7.40. The number of carbonyl (C=O) groups excluding carboxylic acids is 1. The van der Waals surface area contributed by atoms with E-state index in [2.05, 4.69) is 24.9 Å². The van der Waals surface area contributed by atoms with Crippen LogP contribution in [-0.4, -0.2) is 40.2 Å². The molecule has 2 aromatic carbocycles. The summed E-state index contributed by atoms with van der Waals surface area (Å²) in [5.74, 6) is 0.0439. The largest absolute Gasteiger partial charge is 0.494 e. The van der Waals surface area contributed by atoms with Crippen LogP contribution in [0.4, 0.5) is 5.69 Å². The number of benzene rings is 2. The Bertz CT molecular complexity index is 1110. The molecule has 1 heterocycles. The first-order valence-electron chi connectivity index (χ1n) is 10.7. The maximum absolute atomic E-state index is 13.1. The van der Waals surface area contributed by atoms with Crippen molar-refractivity contribution in [3.63, 3.8) is 0 Å². The molecule has 3 rings (SSSR count). The van der Waals surface area contributed by atoms with Gasteiger partial charge in [0.15, 0.2) is 5.17 Å². The third-order valence-corrected chi connectivity index (χ3v) is 6.14. The van der Waals surface area contributed by atoms with Gasteiger partial charge >= 0.3 is 5.97 Å².